The van der Waals surface area contributed by atoms with Crippen molar-refractivity contribution < 1.29 is 24.2 Å². The summed E-state index contributed by atoms with van der Waals surface area (Å²) in [6, 6.07) is 15.5. The number of nitrogens with two attached hydrogens (primary N) is 1. The fraction of sp³-hybridized carbons (Fsp3) is 0.286. The van der Waals surface area contributed by atoms with Crippen molar-refractivity contribution in [3.05, 3.63) is 70.2 Å². The molecule has 0 aliphatic heterocycles. The summed E-state index contributed by atoms with van der Waals surface area (Å²) >= 11 is 3.39. The van der Waals surface area contributed by atoms with Crippen LogP contribution in [-0.2, 0) is 27.4 Å². The van der Waals surface area contributed by atoms with Gasteiger partial charge in [0, 0.05) is 17.4 Å². The van der Waals surface area contributed by atoms with Crippen molar-refractivity contribution in [3.8, 4) is 0 Å². The van der Waals surface area contributed by atoms with E-state index < -0.39 is 30.1 Å². The Hall–Kier alpha value is -2.91. The van der Waals surface area contributed by atoms with E-state index in [0.29, 0.717) is 0 Å². The van der Waals surface area contributed by atoms with Crippen molar-refractivity contribution in [1.82, 2.24) is 10.6 Å². The third kappa shape index (κ3) is 8.22. The molecule has 0 unspecified atom stereocenters. The predicted octanol–water partition coefficient (Wildman–Crippen LogP) is 1.64. The lowest BCUT2D eigenvalue weighted by molar-refractivity contribution is -0.128. The van der Waals surface area contributed by atoms with Crippen LogP contribution in [0.1, 0.15) is 17.5 Å². The monoisotopic (exact) mass is 477 g/mol. The normalized spacial score (nSPS) is 12.5. The molecular formula is C21H24BrN3O5. The number of ether oxygens (including phenoxy) is 1. The van der Waals surface area contributed by atoms with E-state index in [1.54, 1.807) is 0 Å². The molecule has 30 heavy (non-hydrogen) atoms. The van der Waals surface area contributed by atoms with Crippen molar-refractivity contribution in [2.24, 2.45) is 5.73 Å². The highest BCUT2D eigenvalue weighted by Crippen LogP contribution is 2.17. The van der Waals surface area contributed by atoms with Gasteiger partial charge < -0.3 is 26.2 Å². The van der Waals surface area contributed by atoms with Gasteiger partial charge in [0.05, 0.1) is 12.5 Å². The van der Waals surface area contributed by atoms with Crippen LogP contribution in [0.5, 0.6) is 0 Å². The third-order valence-electron chi connectivity index (χ3n) is 4.18. The van der Waals surface area contributed by atoms with E-state index in [9.17, 15) is 19.5 Å². The number of alkyl carbamates (subject to hydrolysis) is 1. The highest BCUT2D eigenvalue weighted by molar-refractivity contribution is 9.10. The van der Waals surface area contributed by atoms with Gasteiger partial charge in [-0.1, -0.05) is 64.5 Å². The number of nitrogens with one attached hydrogen (secondary N) is 2. The highest BCUT2D eigenvalue weighted by atomic mass is 79.9. The number of carbonyl (C=O) groups is 3. The second-order valence-electron chi connectivity index (χ2n) is 6.62. The molecule has 0 aliphatic rings. The molecule has 0 spiro atoms. The molecule has 5 N–H and O–H groups in total. The molecule has 8 nitrogen and oxygen atoms in total. The lowest BCUT2D eigenvalue weighted by Crippen LogP contribution is -2.47. The molecule has 0 aliphatic carbocycles. The van der Waals surface area contributed by atoms with E-state index in [0.717, 1.165) is 15.6 Å². The van der Waals surface area contributed by atoms with E-state index in [-0.39, 0.29) is 26.0 Å². The second-order valence-corrected chi connectivity index (χ2v) is 7.47. The molecule has 0 heterocycles. The van der Waals surface area contributed by atoms with Gasteiger partial charge in [-0.25, -0.2) is 4.79 Å². The Morgan fingerprint density at radius 1 is 1.07 bits per heavy atom. The fourth-order valence-corrected chi connectivity index (χ4v) is 3.07. The van der Waals surface area contributed by atoms with E-state index in [4.69, 9.17) is 10.5 Å². The zero-order valence-electron chi connectivity index (χ0n) is 16.2. The summed E-state index contributed by atoms with van der Waals surface area (Å²) in [7, 11) is 0. The number of hydrogen-bond acceptors (Lipinski definition) is 5. The first kappa shape index (κ1) is 23.4. The Morgan fingerprint density at radius 3 is 2.40 bits per heavy atom. The first-order valence-electron chi connectivity index (χ1n) is 9.30. The van der Waals surface area contributed by atoms with Crippen molar-refractivity contribution in [3.63, 3.8) is 0 Å². The smallest absolute Gasteiger partial charge is 0.407 e. The summed E-state index contributed by atoms with van der Waals surface area (Å²) in [5.41, 5.74) is 7.03. The zero-order chi connectivity index (χ0) is 21.9. The first-order chi connectivity index (χ1) is 14.3. The van der Waals surface area contributed by atoms with Gasteiger partial charge in [-0.2, -0.15) is 0 Å². The van der Waals surface area contributed by atoms with Crippen LogP contribution < -0.4 is 16.4 Å². The minimum Gasteiger partial charge on any atom is -0.445 e. The number of benzene rings is 2. The Labute approximate surface area is 182 Å². The van der Waals surface area contributed by atoms with Gasteiger partial charge in [0.1, 0.15) is 12.6 Å². The molecule has 160 valence electrons. The van der Waals surface area contributed by atoms with Gasteiger partial charge in [0.2, 0.25) is 11.8 Å². The Morgan fingerprint density at radius 2 is 1.73 bits per heavy atom. The maximum atomic E-state index is 12.2. The van der Waals surface area contributed by atoms with Crippen LogP contribution in [-0.4, -0.2) is 41.7 Å². The Balaban J connectivity index is 1.74. The van der Waals surface area contributed by atoms with E-state index >= 15 is 0 Å². The van der Waals surface area contributed by atoms with Gasteiger partial charge in [0.25, 0.3) is 0 Å². The lowest BCUT2D eigenvalue weighted by atomic mass is 10.1. The van der Waals surface area contributed by atoms with Crippen LogP contribution in [0.15, 0.2) is 59.1 Å². The minimum atomic E-state index is -1.15. The number of carbonyl (C=O) groups excluding carboxylic acids is 3. The van der Waals surface area contributed by atoms with Crippen LogP contribution in [0.4, 0.5) is 4.79 Å². The van der Waals surface area contributed by atoms with Gasteiger partial charge >= 0.3 is 6.09 Å². The molecule has 0 fully saturated rings. The standard InChI is InChI=1S/C21H24BrN3O5/c22-17-9-5-4-8-15(17)10-18(20(23)28)25-19(27)11-16(26)12-24-21(29)30-13-14-6-2-1-3-7-14/h1-9,16,18,26H,10-13H2,(H2,23,28)(H,24,29)(H,25,27)/t16-,18+/m0/s1. The fourth-order valence-electron chi connectivity index (χ4n) is 2.62. The van der Waals surface area contributed by atoms with Gasteiger partial charge in [0.15, 0.2) is 0 Å². The topological polar surface area (TPSA) is 131 Å². The number of halogens is 1. The van der Waals surface area contributed by atoms with Crippen LogP contribution >= 0.6 is 15.9 Å². The molecule has 0 saturated carbocycles. The molecule has 0 radical (unpaired) electrons. The van der Waals surface area contributed by atoms with Gasteiger partial charge in [-0.15, -0.1) is 0 Å². The van der Waals surface area contributed by atoms with Crippen LogP contribution in [0.3, 0.4) is 0 Å². The van der Waals surface area contributed by atoms with Crippen molar-refractivity contribution >= 4 is 33.8 Å². The average Bonchev–Trinajstić information content (AvgIpc) is 2.72. The van der Waals surface area contributed by atoms with Crippen molar-refractivity contribution in [1.29, 1.82) is 0 Å². The van der Waals surface area contributed by atoms with Crippen molar-refractivity contribution in [2.75, 3.05) is 6.54 Å². The highest BCUT2D eigenvalue weighted by Gasteiger charge is 2.21. The van der Waals surface area contributed by atoms with E-state index in [1.165, 1.54) is 0 Å². The maximum Gasteiger partial charge on any atom is 0.407 e. The van der Waals surface area contributed by atoms with Gasteiger partial charge in [-0.05, 0) is 17.2 Å². The summed E-state index contributed by atoms with van der Waals surface area (Å²) in [4.78, 5) is 35.6. The minimum absolute atomic E-state index is 0.0958. The van der Waals surface area contributed by atoms with Crippen molar-refractivity contribution in [2.45, 2.75) is 31.6 Å². The lowest BCUT2D eigenvalue weighted by Gasteiger charge is -2.18. The molecule has 2 atom stereocenters. The molecule has 0 saturated heterocycles. The Bertz CT molecular complexity index is 863. The van der Waals surface area contributed by atoms with E-state index in [2.05, 4.69) is 26.6 Å². The number of rotatable bonds is 10. The largest absolute Gasteiger partial charge is 0.445 e. The van der Waals surface area contributed by atoms with Crippen LogP contribution in [0.25, 0.3) is 0 Å². The molecule has 2 aromatic carbocycles. The molecule has 0 bridgehead atoms. The summed E-state index contributed by atoms with van der Waals surface area (Å²) in [5, 5.41) is 14.9. The quantitative estimate of drug-likeness (QED) is 0.413. The maximum absolute atomic E-state index is 12.2. The molecule has 2 rings (SSSR count). The van der Waals surface area contributed by atoms with E-state index in [1.807, 2.05) is 54.6 Å². The number of amides is 3. The second kappa shape index (κ2) is 11.9. The SMILES string of the molecule is NC(=O)[C@@H](Cc1ccccc1Br)NC(=O)C[C@H](O)CNC(=O)OCc1ccccc1. The van der Waals surface area contributed by atoms with Gasteiger partial charge in [-0.3, -0.25) is 9.59 Å². The number of aliphatic hydroxyl groups excluding tert-OH is 1. The Kier molecular flexibility index (Phi) is 9.30. The predicted molar refractivity (Wildman–Crippen MR) is 114 cm³/mol. The summed E-state index contributed by atoms with van der Waals surface area (Å²) in [6.45, 7) is -0.0783. The number of primary amides is 1. The van der Waals surface area contributed by atoms with Crippen LogP contribution in [0, 0.1) is 0 Å². The number of aliphatic hydroxyl groups is 1. The third-order valence-corrected chi connectivity index (χ3v) is 4.95. The number of hydrogen-bond donors (Lipinski definition) is 4. The molecule has 2 aromatic rings. The summed E-state index contributed by atoms with van der Waals surface area (Å²) < 4.78 is 5.82. The summed E-state index contributed by atoms with van der Waals surface area (Å²) in [6.07, 6.45) is -1.95. The van der Waals surface area contributed by atoms with Crippen LogP contribution in [0.2, 0.25) is 0 Å². The molecule has 9 heteroatoms. The average molecular weight is 478 g/mol. The first-order valence-corrected chi connectivity index (χ1v) is 10.1. The summed E-state index contributed by atoms with van der Waals surface area (Å²) in [5.74, 6) is -1.24. The molecule has 0 aromatic heterocycles. The molecular weight excluding hydrogens is 454 g/mol. The zero-order valence-corrected chi connectivity index (χ0v) is 17.8. The molecule has 3 amide bonds.